The lowest BCUT2D eigenvalue weighted by atomic mass is 10.2. The zero-order valence-electron chi connectivity index (χ0n) is 16.9. The van der Waals surface area contributed by atoms with E-state index in [9.17, 15) is 9.59 Å². The number of ether oxygens (including phenoxy) is 1. The van der Waals surface area contributed by atoms with E-state index >= 15 is 0 Å². The maximum atomic E-state index is 12.5. The number of halogens is 1. The Labute approximate surface area is 201 Å². The summed E-state index contributed by atoms with van der Waals surface area (Å²) in [7, 11) is 1.60. The summed E-state index contributed by atoms with van der Waals surface area (Å²) in [5.74, 6) is 0.683. The Morgan fingerprint density at radius 1 is 1.03 bits per heavy atom. The largest absolute Gasteiger partial charge is 0.497 e. The van der Waals surface area contributed by atoms with Gasteiger partial charge in [-0.05, 0) is 70.5 Å². The van der Waals surface area contributed by atoms with Crippen LogP contribution < -0.4 is 15.4 Å². The van der Waals surface area contributed by atoms with E-state index in [1.807, 2.05) is 36.4 Å². The van der Waals surface area contributed by atoms with Crippen LogP contribution in [0.3, 0.4) is 0 Å². The van der Waals surface area contributed by atoms with Crippen LogP contribution in [0, 0.1) is 0 Å². The minimum absolute atomic E-state index is 0.110. The molecule has 0 aliphatic heterocycles. The Morgan fingerprint density at radius 2 is 1.78 bits per heavy atom. The number of hydrogen-bond donors (Lipinski definition) is 2. The molecule has 6 nitrogen and oxygen atoms in total. The molecule has 32 heavy (non-hydrogen) atoms. The summed E-state index contributed by atoms with van der Waals surface area (Å²) in [5.41, 5.74) is 2.80. The standard InChI is InChI=1S/C23H18BrN3O3S2/c1-30-16-9-6-14(7-10-16)25-21(28)13-31-23-27-19-11-8-15(12-20(19)32-23)26-22(29)17-4-2-3-5-18(17)24/h2-12H,13H2,1H3,(H,25,28)(H,26,29). The number of aromatic nitrogens is 1. The van der Waals surface area contributed by atoms with Crippen molar-refractivity contribution >= 4 is 72.4 Å². The average Bonchev–Trinajstić information content (AvgIpc) is 3.21. The molecule has 0 unspecified atom stereocenters. The highest BCUT2D eigenvalue weighted by Crippen LogP contribution is 2.31. The number of nitrogens with one attached hydrogen (secondary N) is 2. The smallest absolute Gasteiger partial charge is 0.256 e. The van der Waals surface area contributed by atoms with Crippen molar-refractivity contribution in [2.24, 2.45) is 0 Å². The lowest BCUT2D eigenvalue weighted by Crippen LogP contribution is -2.13. The van der Waals surface area contributed by atoms with Gasteiger partial charge in [-0.25, -0.2) is 4.98 Å². The van der Waals surface area contributed by atoms with Crippen molar-refractivity contribution in [3.05, 3.63) is 76.8 Å². The molecule has 0 aliphatic rings. The first-order valence-corrected chi connectivity index (χ1v) is 12.1. The number of nitrogens with zero attached hydrogens (tertiary/aromatic N) is 1. The molecule has 0 aliphatic carbocycles. The van der Waals surface area contributed by atoms with Gasteiger partial charge in [-0.1, -0.05) is 23.9 Å². The predicted molar refractivity (Wildman–Crippen MR) is 134 cm³/mol. The van der Waals surface area contributed by atoms with Gasteiger partial charge in [0.25, 0.3) is 5.91 Å². The lowest BCUT2D eigenvalue weighted by molar-refractivity contribution is -0.113. The Balaban J connectivity index is 1.37. The van der Waals surface area contributed by atoms with E-state index in [4.69, 9.17) is 4.74 Å². The van der Waals surface area contributed by atoms with Gasteiger partial charge in [-0.3, -0.25) is 9.59 Å². The highest BCUT2D eigenvalue weighted by atomic mass is 79.9. The second-order valence-electron chi connectivity index (χ2n) is 6.66. The second-order valence-corrected chi connectivity index (χ2v) is 9.77. The first-order chi connectivity index (χ1) is 15.5. The summed E-state index contributed by atoms with van der Waals surface area (Å²) in [5, 5.41) is 5.77. The first kappa shape index (κ1) is 22.3. The van der Waals surface area contributed by atoms with Crippen LogP contribution in [0.15, 0.2) is 75.5 Å². The number of hydrogen-bond acceptors (Lipinski definition) is 6. The van der Waals surface area contributed by atoms with Crippen LogP contribution in [-0.2, 0) is 4.79 Å². The molecule has 0 radical (unpaired) electrons. The van der Waals surface area contributed by atoms with Crippen LogP contribution in [0.4, 0.5) is 11.4 Å². The maximum Gasteiger partial charge on any atom is 0.256 e. The molecule has 0 saturated heterocycles. The summed E-state index contributed by atoms with van der Waals surface area (Å²) in [4.78, 5) is 29.4. The zero-order valence-corrected chi connectivity index (χ0v) is 20.1. The fourth-order valence-electron chi connectivity index (χ4n) is 2.89. The predicted octanol–water partition coefficient (Wildman–Crippen LogP) is 6.05. The van der Waals surface area contributed by atoms with Crippen molar-refractivity contribution in [2.45, 2.75) is 4.34 Å². The quantitative estimate of drug-likeness (QED) is 0.286. The summed E-state index contributed by atoms with van der Waals surface area (Å²) in [6.45, 7) is 0. The van der Waals surface area contributed by atoms with Gasteiger partial charge in [0.2, 0.25) is 5.91 Å². The molecule has 9 heteroatoms. The third-order valence-electron chi connectivity index (χ3n) is 4.45. The number of thioether (sulfide) groups is 1. The van der Waals surface area contributed by atoms with E-state index in [1.165, 1.54) is 23.1 Å². The van der Waals surface area contributed by atoms with Gasteiger partial charge in [0.15, 0.2) is 4.34 Å². The number of carbonyl (C=O) groups excluding carboxylic acids is 2. The molecule has 0 atom stereocenters. The van der Waals surface area contributed by atoms with Crippen molar-refractivity contribution < 1.29 is 14.3 Å². The van der Waals surface area contributed by atoms with Crippen molar-refractivity contribution in [1.82, 2.24) is 4.98 Å². The number of benzene rings is 3. The molecular formula is C23H18BrN3O3S2. The normalized spacial score (nSPS) is 10.7. The zero-order chi connectivity index (χ0) is 22.5. The molecule has 4 rings (SSSR count). The molecular weight excluding hydrogens is 510 g/mol. The topological polar surface area (TPSA) is 80.3 Å². The molecule has 2 amide bonds. The van der Waals surface area contributed by atoms with Crippen molar-refractivity contribution in [3.63, 3.8) is 0 Å². The maximum absolute atomic E-state index is 12.5. The molecule has 0 spiro atoms. The average molecular weight is 528 g/mol. The number of thiazole rings is 1. The summed E-state index contributed by atoms with van der Waals surface area (Å²) >= 11 is 6.26. The van der Waals surface area contributed by atoms with Crippen molar-refractivity contribution in [1.29, 1.82) is 0 Å². The molecule has 2 N–H and O–H groups in total. The van der Waals surface area contributed by atoms with Gasteiger partial charge in [-0.15, -0.1) is 11.3 Å². The van der Waals surface area contributed by atoms with Crippen LogP contribution in [0.5, 0.6) is 5.75 Å². The lowest BCUT2D eigenvalue weighted by Gasteiger charge is -2.06. The third kappa shape index (κ3) is 5.48. The summed E-state index contributed by atoms with van der Waals surface area (Å²) in [6, 6.07) is 20.0. The molecule has 0 fully saturated rings. The fourth-order valence-corrected chi connectivity index (χ4v) is 5.26. The molecule has 1 aromatic heterocycles. The van der Waals surface area contributed by atoms with E-state index in [0.717, 1.165) is 24.8 Å². The highest BCUT2D eigenvalue weighted by Gasteiger charge is 2.12. The van der Waals surface area contributed by atoms with E-state index in [2.05, 4.69) is 31.5 Å². The van der Waals surface area contributed by atoms with Crippen LogP contribution in [0.2, 0.25) is 0 Å². The van der Waals surface area contributed by atoms with Gasteiger partial charge in [0.1, 0.15) is 5.75 Å². The van der Waals surface area contributed by atoms with Gasteiger partial charge in [-0.2, -0.15) is 0 Å². The van der Waals surface area contributed by atoms with E-state index in [1.54, 1.807) is 37.4 Å². The summed E-state index contributed by atoms with van der Waals surface area (Å²) in [6.07, 6.45) is 0. The molecule has 0 saturated carbocycles. The number of fused-ring (bicyclic) bond motifs is 1. The molecule has 4 aromatic rings. The number of anilines is 2. The second kappa shape index (κ2) is 10.2. The first-order valence-electron chi connectivity index (χ1n) is 9.55. The highest BCUT2D eigenvalue weighted by molar-refractivity contribution is 9.10. The van der Waals surface area contributed by atoms with Crippen LogP contribution in [0.25, 0.3) is 10.2 Å². The van der Waals surface area contributed by atoms with Crippen LogP contribution >= 0.6 is 39.0 Å². The van der Waals surface area contributed by atoms with Crippen molar-refractivity contribution in [3.8, 4) is 5.75 Å². The number of amides is 2. The number of rotatable bonds is 7. The monoisotopic (exact) mass is 527 g/mol. The Hall–Kier alpha value is -2.88. The van der Waals surface area contributed by atoms with Crippen molar-refractivity contribution in [2.75, 3.05) is 23.5 Å². The van der Waals surface area contributed by atoms with Gasteiger partial charge < -0.3 is 15.4 Å². The van der Waals surface area contributed by atoms with E-state index in [-0.39, 0.29) is 17.6 Å². The summed E-state index contributed by atoms with van der Waals surface area (Å²) < 4.78 is 7.58. The van der Waals surface area contributed by atoms with Crippen LogP contribution in [-0.4, -0.2) is 29.7 Å². The Kier molecular flexibility index (Phi) is 7.09. The molecule has 0 bridgehead atoms. The SMILES string of the molecule is COc1ccc(NC(=O)CSc2nc3ccc(NC(=O)c4ccccc4Br)cc3s2)cc1. The Morgan fingerprint density at radius 3 is 2.53 bits per heavy atom. The van der Waals surface area contributed by atoms with Gasteiger partial charge >= 0.3 is 0 Å². The van der Waals surface area contributed by atoms with Gasteiger partial charge in [0, 0.05) is 15.8 Å². The third-order valence-corrected chi connectivity index (χ3v) is 7.30. The number of carbonyl (C=O) groups is 2. The molecule has 1 heterocycles. The van der Waals surface area contributed by atoms with Crippen LogP contribution in [0.1, 0.15) is 10.4 Å². The fraction of sp³-hybridized carbons (Fsp3) is 0.0870. The molecule has 3 aromatic carbocycles. The minimum atomic E-state index is -0.189. The molecule has 162 valence electrons. The van der Waals surface area contributed by atoms with Gasteiger partial charge in [0.05, 0.1) is 28.6 Å². The van der Waals surface area contributed by atoms with E-state index in [0.29, 0.717) is 16.9 Å². The van der Waals surface area contributed by atoms with E-state index < -0.39 is 0 Å². The number of methoxy groups -OCH3 is 1. The minimum Gasteiger partial charge on any atom is -0.497 e. The Bertz CT molecular complexity index is 1280.